The molecule has 0 atom stereocenters. The number of hydrogen-bond donors (Lipinski definition) is 1. The van der Waals surface area contributed by atoms with E-state index in [0.717, 1.165) is 5.54 Å². The van der Waals surface area contributed by atoms with Gasteiger partial charge in [-0.3, -0.25) is 0 Å². The van der Waals surface area contributed by atoms with E-state index in [4.69, 9.17) is 38.4 Å². The summed E-state index contributed by atoms with van der Waals surface area (Å²) >= 11 is 10.9. The Kier molecular flexibility index (Phi) is 3.92. The van der Waals surface area contributed by atoms with Crippen LogP contribution in [0.2, 0.25) is 0 Å². The fraction of sp³-hybridized carbons (Fsp3) is 0.111. The van der Waals surface area contributed by atoms with E-state index < -0.39 is 0 Å². The highest BCUT2D eigenvalue weighted by atomic mass is 35.5. The maximum atomic E-state index is 5.59. The number of nitrogens with two attached hydrogens (primary N) is 1. The van der Waals surface area contributed by atoms with Crippen molar-refractivity contribution in [2.24, 2.45) is 0 Å². The van der Waals surface area contributed by atoms with Gasteiger partial charge in [-0.2, -0.15) is 0 Å². The van der Waals surface area contributed by atoms with Gasteiger partial charge in [0.25, 0.3) is 0 Å². The van der Waals surface area contributed by atoms with E-state index in [1.54, 1.807) is 18.2 Å². The minimum atomic E-state index is 0.0646. The van der Waals surface area contributed by atoms with E-state index in [2.05, 4.69) is 0 Å². The zero-order valence-corrected chi connectivity index (χ0v) is 8.97. The molecule has 0 fully saturated rings. The van der Waals surface area contributed by atoms with E-state index in [1.807, 2.05) is 0 Å². The molecule has 5 heteroatoms. The molecular weight excluding hydrogens is 225 g/mol. The molecule has 0 amide bonds. The lowest BCUT2D eigenvalue weighted by Gasteiger charge is -2.09. The fourth-order valence-corrected chi connectivity index (χ4v) is 1.02. The molecule has 3 nitrogen and oxygen atoms in total. The third-order valence-electron chi connectivity index (χ3n) is 1.48. The average molecular weight is 234 g/mol. The Labute approximate surface area is 92.0 Å². The molecule has 14 heavy (non-hydrogen) atoms. The number of rotatable bonds is 3. The first-order chi connectivity index (χ1) is 6.67. The lowest BCUT2D eigenvalue weighted by atomic mass is 10.3. The Balaban J connectivity index is 2.96. The molecule has 2 N–H and O–H groups in total. The molecule has 0 aliphatic carbocycles. The van der Waals surface area contributed by atoms with Crippen LogP contribution in [0.5, 0.6) is 11.5 Å². The summed E-state index contributed by atoms with van der Waals surface area (Å²) in [4.78, 5) is 0. The van der Waals surface area contributed by atoms with Gasteiger partial charge in [-0.05, 0) is 23.7 Å². The van der Waals surface area contributed by atoms with Crippen LogP contribution in [0, 0.1) is 0 Å². The molecule has 0 unspecified atom stereocenters. The molecular formula is C9H9Cl2NO2. The van der Waals surface area contributed by atoms with Crippen LogP contribution in [0.1, 0.15) is 0 Å². The Morgan fingerprint density at radius 1 is 1.43 bits per heavy atom. The number of halogens is 2. The molecule has 0 aromatic heterocycles. The third-order valence-corrected chi connectivity index (χ3v) is 1.98. The topological polar surface area (TPSA) is 44.5 Å². The van der Waals surface area contributed by atoms with Gasteiger partial charge in [-0.15, -0.1) is 0 Å². The van der Waals surface area contributed by atoms with Crippen molar-refractivity contribution in [3.8, 4) is 11.5 Å². The van der Waals surface area contributed by atoms with Crippen LogP contribution in [0.15, 0.2) is 29.0 Å². The number of nitrogen functional groups attached to an aromatic ring is 1. The maximum Gasteiger partial charge on any atom is 0.205 e. The van der Waals surface area contributed by atoms with Gasteiger partial charge in [0.2, 0.25) is 5.22 Å². The van der Waals surface area contributed by atoms with Crippen molar-refractivity contribution in [2.45, 2.75) is 0 Å². The molecule has 1 rings (SSSR count). The highest BCUT2D eigenvalue weighted by molar-refractivity contribution is 6.35. The second-order valence-electron chi connectivity index (χ2n) is 2.43. The van der Waals surface area contributed by atoms with E-state index >= 15 is 0 Å². The van der Waals surface area contributed by atoms with Gasteiger partial charge in [0, 0.05) is 11.8 Å². The van der Waals surface area contributed by atoms with Gasteiger partial charge in [0.05, 0.1) is 12.6 Å². The molecule has 0 spiro atoms. The van der Waals surface area contributed by atoms with E-state index in [-0.39, 0.29) is 5.22 Å². The lowest BCUT2D eigenvalue weighted by Crippen LogP contribution is -1.94. The van der Waals surface area contributed by atoms with Crippen molar-refractivity contribution < 1.29 is 9.47 Å². The van der Waals surface area contributed by atoms with Gasteiger partial charge in [-0.25, -0.2) is 0 Å². The largest absolute Gasteiger partial charge is 0.493 e. The molecule has 0 aliphatic rings. The van der Waals surface area contributed by atoms with Crippen molar-refractivity contribution in [1.29, 1.82) is 0 Å². The van der Waals surface area contributed by atoms with Gasteiger partial charge in [-0.1, -0.05) is 11.6 Å². The summed E-state index contributed by atoms with van der Waals surface area (Å²) in [6.45, 7) is 0. The van der Waals surface area contributed by atoms with Crippen molar-refractivity contribution in [1.82, 2.24) is 0 Å². The van der Waals surface area contributed by atoms with Crippen LogP contribution in [-0.2, 0) is 0 Å². The summed E-state index contributed by atoms with van der Waals surface area (Å²) in [5, 5.41) is 0.0646. The Morgan fingerprint density at radius 3 is 2.71 bits per heavy atom. The first-order valence-electron chi connectivity index (χ1n) is 3.74. The van der Waals surface area contributed by atoms with Crippen molar-refractivity contribution in [3.05, 3.63) is 29.0 Å². The average Bonchev–Trinajstić information content (AvgIpc) is 2.20. The summed E-state index contributed by atoms with van der Waals surface area (Å²) in [5.41, 5.74) is 7.26. The Morgan fingerprint density at radius 2 is 2.14 bits per heavy atom. The zero-order valence-electron chi connectivity index (χ0n) is 7.46. The van der Waals surface area contributed by atoms with Gasteiger partial charge >= 0.3 is 0 Å². The lowest BCUT2D eigenvalue weighted by molar-refractivity contribution is 0.374. The van der Waals surface area contributed by atoms with Gasteiger partial charge < -0.3 is 15.2 Å². The van der Waals surface area contributed by atoms with Crippen LogP contribution in [-0.4, -0.2) is 7.11 Å². The predicted molar refractivity (Wildman–Crippen MR) is 57.8 cm³/mol. The normalized spacial score (nSPS) is 11.2. The van der Waals surface area contributed by atoms with Crippen LogP contribution in [0.3, 0.4) is 0 Å². The minimum Gasteiger partial charge on any atom is -0.493 e. The second-order valence-corrected chi connectivity index (χ2v) is 3.02. The molecule has 0 saturated carbocycles. The van der Waals surface area contributed by atoms with Gasteiger partial charge in [0.15, 0.2) is 11.5 Å². The number of hydrogen-bond acceptors (Lipinski definition) is 3. The maximum absolute atomic E-state index is 5.59. The van der Waals surface area contributed by atoms with Gasteiger partial charge in [0.1, 0.15) is 0 Å². The van der Waals surface area contributed by atoms with Crippen LogP contribution >= 0.6 is 23.2 Å². The highest BCUT2D eigenvalue weighted by Crippen LogP contribution is 2.31. The number of benzene rings is 1. The summed E-state index contributed by atoms with van der Waals surface area (Å²) in [5.74, 6) is 0.963. The molecule has 0 bridgehead atoms. The van der Waals surface area contributed by atoms with Crippen LogP contribution in [0.4, 0.5) is 5.69 Å². The molecule has 0 aliphatic heterocycles. The molecule has 0 radical (unpaired) electrons. The summed E-state index contributed by atoms with van der Waals surface area (Å²) < 4.78 is 10.2. The highest BCUT2D eigenvalue weighted by Gasteiger charge is 2.05. The second kappa shape index (κ2) is 4.98. The zero-order chi connectivity index (χ0) is 10.6. The first kappa shape index (κ1) is 11.0. The first-order valence-corrected chi connectivity index (χ1v) is 4.56. The Bertz CT molecular complexity index is 353. The monoisotopic (exact) mass is 233 g/mol. The molecule has 1 aromatic rings. The SMILES string of the molecule is COc1cc(N)ccc1O/C(Cl)=C/Cl. The van der Waals surface area contributed by atoms with E-state index in [1.165, 1.54) is 7.11 Å². The van der Waals surface area contributed by atoms with Crippen molar-refractivity contribution in [2.75, 3.05) is 12.8 Å². The van der Waals surface area contributed by atoms with E-state index in [0.29, 0.717) is 17.2 Å². The predicted octanol–water partition coefficient (Wildman–Crippen LogP) is 2.93. The smallest absolute Gasteiger partial charge is 0.205 e. The molecule has 1 aromatic carbocycles. The fourth-order valence-electron chi connectivity index (χ4n) is 0.896. The summed E-state index contributed by atoms with van der Waals surface area (Å²) in [6, 6.07) is 4.96. The molecule has 76 valence electrons. The quantitative estimate of drug-likeness (QED) is 0.645. The summed E-state index contributed by atoms with van der Waals surface area (Å²) in [7, 11) is 1.51. The third kappa shape index (κ3) is 2.72. The molecule has 0 heterocycles. The number of methoxy groups -OCH3 is 1. The van der Waals surface area contributed by atoms with Crippen molar-refractivity contribution in [3.63, 3.8) is 0 Å². The number of ether oxygens (including phenoxy) is 2. The van der Waals surface area contributed by atoms with Crippen molar-refractivity contribution >= 4 is 28.9 Å². The Hall–Kier alpha value is -1.06. The standard InChI is InChI=1S/C9H9Cl2NO2/c1-13-8-4-6(12)2-3-7(8)14-9(11)5-10/h2-5H,12H2,1H3/b9-5+. The summed E-state index contributed by atoms with van der Waals surface area (Å²) in [6.07, 6.45) is 0. The minimum absolute atomic E-state index is 0.0646. The van der Waals surface area contributed by atoms with Crippen LogP contribution in [0.25, 0.3) is 0 Å². The van der Waals surface area contributed by atoms with E-state index in [9.17, 15) is 0 Å². The van der Waals surface area contributed by atoms with Crippen LogP contribution < -0.4 is 15.2 Å². The number of anilines is 1. The molecule has 0 saturated heterocycles.